The third-order valence-corrected chi connectivity index (χ3v) is 4.75. The lowest BCUT2D eigenvalue weighted by atomic mass is 10.2. The average molecular weight is 337 g/mol. The minimum Gasteiger partial charge on any atom is -0.431 e. The Labute approximate surface area is 138 Å². The molecule has 1 aromatic carbocycles. The molecule has 0 atom stereocenters. The predicted octanol–water partition coefficient (Wildman–Crippen LogP) is 4.15. The van der Waals surface area contributed by atoms with Gasteiger partial charge in [-0.15, -0.1) is 0 Å². The van der Waals surface area contributed by atoms with Crippen LogP contribution in [0.2, 0.25) is 5.02 Å². The molecule has 4 nitrogen and oxygen atoms in total. The summed E-state index contributed by atoms with van der Waals surface area (Å²) in [5.74, 6) is 1.05. The van der Waals surface area contributed by atoms with Crippen molar-refractivity contribution in [1.82, 2.24) is 10.3 Å². The first-order valence-corrected chi connectivity index (χ1v) is 8.71. The molecule has 1 fully saturated rings. The largest absolute Gasteiger partial charge is 0.431 e. The molecule has 1 N–H and O–H groups in total. The van der Waals surface area contributed by atoms with E-state index in [0.29, 0.717) is 27.8 Å². The monoisotopic (exact) mass is 336 g/mol. The van der Waals surface area contributed by atoms with Crippen molar-refractivity contribution in [3.05, 3.63) is 35.5 Å². The van der Waals surface area contributed by atoms with E-state index >= 15 is 0 Å². The molecule has 3 rings (SSSR count). The van der Waals surface area contributed by atoms with E-state index in [2.05, 4.69) is 10.3 Å². The number of thioether (sulfide) groups is 1. The normalized spacial score (nSPS) is 15.1. The van der Waals surface area contributed by atoms with Crippen LogP contribution in [0.4, 0.5) is 0 Å². The second kappa shape index (κ2) is 7.20. The van der Waals surface area contributed by atoms with Crippen LogP contribution in [0.1, 0.15) is 25.7 Å². The number of hydrogen-bond acceptors (Lipinski definition) is 4. The molecular weight excluding hydrogens is 320 g/mol. The first-order chi connectivity index (χ1) is 10.7. The van der Waals surface area contributed by atoms with Crippen LogP contribution in [-0.4, -0.2) is 22.7 Å². The van der Waals surface area contributed by atoms with Crippen LogP contribution in [0.15, 0.2) is 40.1 Å². The molecule has 1 heterocycles. The molecule has 1 aromatic heterocycles. The lowest BCUT2D eigenvalue weighted by Crippen LogP contribution is -2.33. The fourth-order valence-electron chi connectivity index (χ4n) is 2.54. The average Bonchev–Trinajstić information content (AvgIpc) is 3.17. The molecule has 1 amide bonds. The molecule has 6 heteroatoms. The van der Waals surface area contributed by atoms with Gasteiger partial charge in [-0.05, 0) is 37.1 Å². The van der Waals surface area contributed by atoms with Gasteiger partial charge in [-0.3, -0.25) is 4.79 Å². The Bertz CT molecular complexity index is 636. The third-order valence-electron chi connectivity index (χ3n) is 3.66. The number of halogens is 1. The number of hydrogen-bond donors (Lipinski definition) is 1. The maximum absolute atomic E-state index is 11.9. The highest BCUT2D eigenvalue weighted by Gasteiger charge is 2.17. The van der Waals surface area contributed by atoms with E-state index in [0.717, 1.165) is 18.4 Å². The van der Waals surface area contributed by atoms with Crippen LogP contribution >= 0.6 is 23.4 Å². The van der Waals surface area contributed by atoms with E-state index in [-0.39, 0.29) is 5.91 Å². The number of aromatic nitrogens is 1. The van der Waals surface area contributed by atoms with Gasteiger partial charge in [0.1, 0.15) is 0 Å². The van der Waals surface area contributed by atoms with E-state index in [1.165, 1.54) is 24.6 Å². The number of nitrogens with zero attached hydrogens (tertiary/aromatic N) is 1. The van der Waals surface area contributed by atoms with Crippen molar-refractivity contribution < 1.29 is 9.21 Å². The Hall–Kier alpha value is -1.46. The summed E-state index contributed by atoms with van der Waals surface area (Å²) in [6.07, 6.45) is 6.28. The van der Waals surface area contributed by atoms with Crippen molar-refractivity contribution in [1.29, 1.82) is 0 Å². The Kier molecular flexibility index (Phi) is 5.05. The second-order valence-corrected chi connectivity index (χ2v) is 6.70. The van der Waals surface area contributed by atoms with Crippen LogP contribution < -0.4 is 5.32 Å². The Morgan fingerprint density at radius 3 is 2.77 bits per heavy atom. The van der Waals surface area contributed by atoms with Gasteiger partial charge in [-0.25, -0.2) is 4.98 Å². The minimum absolute atomic E-state index is 0.0446. The van der Waals surface area contributed by atoms with Crippen molar-refractivity contribution in [2.45, 2.75) is 36.9 Å². The van der Waals surface area contributed by atoms with Crippen LogP contribution in [0, 0.1) is 0 Å². The van der Waals surface area contributed by atoms with Crippen molar-refractivity contribution in [3.8, 4) is 11.3 Å². The number of oxazole rings is 1. The lowest BCUT2D eigenvalue weighted by molar-refractivity contribution is -0.119. The zero-order valence-electron chi connectivity index (χ0n) is 12.0. The fraction of sp³-hybridized carbons (Fsp3) is 0.375. The van der Waals surface area contributed by atoms with Gasteiger partial charge in [-0.2, -0.15) is 0 Å². The van der Waals surface area contributed by atoms with Crippen molar-refractivity contribution in [3.63, 3.8) is 0 Å². The second-order valence-electron chi connectivity index (χ2n) is 5.33. The molecular formula is C16H17ClN2O2S. The molecule has 0 aliphatic heterocycles. The highest BCUT2D eigenvalue weighted by atomic mass is 35.5. The summed E-state index contributed by atoms with van der Waals surface area (Å²) >= 11 is 7.18. The van der Waals surface area contributed by atoms with Gasteiger partial charge < -0.3 is 9.73 Å². The summed E-state index contributed by atoms with van der Waals surface area (Å²) in [5.41, 5.74) is 0.916. The van der Waals surface area contributed by atoms with E-state index < -0.39 is 0 Å². The quantitative estimate of drug-likeness (QED) is 0.833. The molecule has 1 aliphatic carbocycles. The molecule has 2 aromatic rings. The molecule has 0 spiro atoms. The Morgan fingerprint density at radius 1 is 1.32 bits per heavy atom. The standard InChI is InChI=1S/C16H17ClN2O2S/c17-12-7-5-11(6-8-12)14-9-18-16(21-14)22-10-15(20)19-13-3-1-2-4-13/h5-9,13H,1-4,10H2,(H,19,20). The number of rotatable bonds is 5. The summed E-state index contributed by atoms with van der Waals surface area (Å²) < 4.78 is 5.66. The molecule has 0 bridgehead atoms. The van der Waals surface area contributed by atoms with Gasteiger partial charge in [0.15, 0.2) is 5.76 Å². The maximum Gasteiger partial charge on any atom is 0.256 e. The van der Waals surface area contributed by atoms with Crippen LogP contribution in [0.5, 0.6) is 0 Å². The van der Waals surface area contributed by atoms with E-state index in [9.17, 15) is 4.79 Å². The molecule has 22 heavy (non-hydrogen) atoms. The summed E-state index contributed by atoms with van der Waals surface area (Å²) in [7, 11) is 0. The van der Waals surface area contributed by atoms with Crippen molar-refractivity contribution >= 4 is 29.3 Å². The summed E-state index contributed by atoms with van der Waals surface area (Å²) in [4.78, 5) is 16.1. The summed E-state index contributed by atoms with van der Waals surface area (Å²) in [5, 5.41) is 4.24. The maximum atomic E-state index is 11.9. The van der Waals surface area contributed by atoms with Gasteiger partial charge in [0.25, 0.3) is 5.22 Å². The van der Waals surface area contributed by atoms with E-state index in [1.807, 2.05) is 12.1 Å². The third kappa shape index (κ3) is 4.05. The fourth-order valence-corrected chi connectivity index (χ4v) is 3.28. The summed E-state index contributed by atoms with van der Waals surface area (Å²) in [6.45, 7) is 0. The Balaban J connectivity index is 1.53. The summed E-state index contributed by atoms with van der Waals surface area (Å²) in [6, 6.07) is 7.72. The van der Waals surface area contributed by atoms with E-state index in [4.69, 9.17) is 16.0 Å². The number of nitrogens with one attached hydrogen (secondary N) is 1. The number of carbonyl (C=O) groups is 1. The van der Waals surface area contributed by atoms with Gasteiger partial charge in [0.2, 0.25) is 5.91 Å². The zero-order chi connectivity index (χ0) is 15.4. The van der Waals surface area contributed by atoms with E-state index in [1.54, 1.807) is 18.3 Å². The number of carbonyl (C=O) groups excluding carboxylic acids is 1. The highest BCUT2D eigenvalue weighted by Crippen LogP contribution is 2.26. The van der Waals surface area contributed by atoms with Crippen molar-refractivity contribution in [2.24, 2.45) is 0 Å². The number of amides is 1. The van der Waals surface area contributed by atoms with Crippen molar-refractivity contribution in [2.75, 3.05) is 5.75 Å². The van der Waals surface area contributed by atoms with Crippen LogP contribution in [-0.2, 0) is 4.79 Å². The first kappa shape index (κ1) is 15.4. The van der Waals surface area contributed by atoms with Gasteiger partial charge in [0.05, 0.1) is 11.9 Å². The first-order valence-electron chi connectivity index (χ1n) is 7.34. The zero-order valence-corrected chi connectivity index (χ0v) is 13.6. The smallest absolute Gasteiger partial charge is 0.256 e. The molecule has 0 unspecified atom stereocenters. The van der Waals surface area contributed by atoms with Gasteiger partial charge in [0, 0.05) is 16.6 Å². The van der Waals surface area contributed by atoms with Gasteiger partial charge >= 0.3 is 0 Å². The molecule has 0 radical (unpaired) electrons. The SMILES string of the molecule is O=C(CSc1ncc(-c2ccc(Cl)cc2)o1)NC1CCCC1. The minimum atomic E-state index is 0.0446. The highest BCUT2D eigenvalue weighted by molar-refractivity contribution is 7.99. The van der Waals surface area contributed by atoms with Crippen LogP contribution in [0.3, 0.4) is 0 Å². The number of benzene rings is 1. The molecule has 0 saturated heterocycles. The lowest BCUT2D eigenvalue weighted by Gasteiger charge is -2.10. The van der Waals surface area contributed by atoms with Crippen LogP contribution in [0.25, 0.3) is 11.3 Å². The van der Waals surface area contributed by atoms with Gasteiger partial charge in [-0.1, -0.05) is 36.2 Å². The molecule has 1 aliphatic rings. The Morgan fingerprint density at radius 2 is 2.05 bits per heavy atom. The molecule has 1 saturated carbocycles. The predicted molar refractivity (Wildman–Crippen MR) is 88.1 cm³/mol. The molecule has 116 valence electrons. The topological polar surface area (TPSA) is 55.1 Å².